The van der Waals surface area contributed by atoms with Crippen molar-refractivity contribution in [2.24, 2.45) is 0 Å². The third kappa shape index (κ3) is 7.52. The fraction of sp³-hybridized carbons (Fsp3) is 0.0312. The number of nitriles is 5. The maximum Gasteiger partial charge on any atom is 0.164 e. The van der Waals surface area contributed by atoms with E-state index in [4.69, 9.17) is 9.97 Å². The quantitative estimate of drug-likeness (QED) is 0.152. The van der Waals surface area contributed by atoms with Gasteiger partial charge >= 0.3 is 0 Å². The van der Waals surface area contributed by atoms with Gasteiger partial charge in [0, 0.05) is 27.1 Å². The van der Waals surface area contributed by atoms with E-state index in [1.165, 1.54) is 0 Å². The van der Waals surface area contributed by atoms with Crippen LogP contribution in [-0.4, -0.2) is 24.1 Å². The predicted octanol–water partition coefficient (Wildman–Crippen LogP) is 14.4. The summed E-state index contributed by atoms with van der Waals surface area (Å²) in [6, 6.07) is 71.2. The Morgan fingerprint density at radius 3 is 0.946 bits per heavy atom. The zero-order valence-corrected chi connectivity index (χ0v) is 39.8. The number of aromatic nitrogens is 5. The molecule has 0 saturated carbocycles. The zero-order valence-electron chi connectivity index (χ0n) is 39.8. The molecule has 12 aromatic rings. The summed E-state index contributed by atoms with van der Waals surface area (Å²) in [5.74, 6) is 1.37. The molecule has 0 spiro atoms. The summed E-state index contributed by atoms with van der Waals surface area (Å²) >= 11 is 0. The molecule has 0 amide bonds. The Labute approximate surface area is 425 Å². The number of hydrogen-bond donors (Lipinski definition) is 0. The van der Waals surface area contributed by atoms with Gasteiger partial charge < -0.3 is 9.13 Å². The molecule has 3 heterocycles. The molecule has 0 aliphatic carbocycles. The van der Waals surface area contributed by atoms with E-state index in [2.05, 4.69) is 117 Å². The van der Waals surface area contributed by atoms with Gasteiger partial charge in [-0.3, -0.25) is 0 Å². The lowest BCUT2D eigenvalue weighted by molar-refractivity contribution is 0.927. The lowest BCUT2D eigenvalue weighted by atomic mass is 10.0. The molecular weight excluding hydrogens is 909 g/mol. The molecule has 0 aliphatic heterocycles. The Balaban J connectivity index is 1.26. The maximum atomic E-state index is 11.3. The zero-order chi connectivity index (χ0) is 50.6. The number of hydrogen-bond acceptors (Lipinski definition) is 8. The highest BCUT2D eigenvalue weighted by molar-refractivity contribution is 6.14. The molecule has 0 bridgehead atoms. The molecule has 0 radical (unpaired) electrons. The molecule has 0 aliphatic rings. The van der Waals surface area contributed by atoms with E-state index in [0.29, 0.717) is 62.2 Å². The molecule has 0 saturated heterocycles. The van der Waals surface area contributed by atoms with Crippen LogP contribution >= 0.6 is 0 Å². The van der Waals surface area contributed by atoms with Crippen LogP contribution in [0.4, 0.5) is 0 Å². The van der Waals surface area contributed by atoms with Crippen molar-refractivity contribution >= 4 is 43.6 Å². The van der Waals surface area contributed by atoms with Crippen LogP contribution in [0.25, 0.3) is 111 Å². The Morgan fingerprint density at radius 1 is 0.324 bits per heavy atom. The van der Waals surface area contributed by atoms with E-state index in [0.717, 1.165) is 88.1 Å². The lowest BCUT2D eigenvalue weighted by Crippen LogP contribution is -2.07. The van der Waals surface area contributed by atoms with Gasteiger partial charge in [0.2, 0.25) is 0 Å². The molecule has 74 heavy (non-hydrogen) atoms. The minimum atomic E-state index is 0.336. The van der Waals surface area contributed by atoms with E-state index in [1.54, 1.807) is 24.3 Å². The molecule has 3 aromatic heterocycles. The molecule has 10 heteroatoms. The molecule has 0 atom stereocenters. The summed E-state index contributed by atoms with van der Waals surface area (Å²) in [7, 11) is 0. The van der Waals surface area contributed by atoms with Gasteiger partial charge in [-0.15, -0.1) is 0 Å². The van der Waals surface area contributed by atoms with Crippen molar-refractivity contribution in [1.82, 2.24) is 24.1 Å². The Morgan fingerprint density at radius 2 is 0.635 bits per heavy atom. The van der Waals surface area contributed by atoms with Crippen molar-refractivity contribution < 1.29 is 0 Å². The third-order valence-corrected chi connectivity index (χ3v) is 13.7. The van der Waals surface area contributed by atoms with Crippen molar-refractivity contribution in [2.75, 3.05) is 0 Å². The van der Waals surface area contributed by atoms with Crippen LogP contribution in [0.1, 0.15) is 39.5 Å². The Hall–Kier alpha value is -11.0. The number of aryl methyl sites for hydroxylation is 2. The first-order chi connectivity index (χ1) is 36.2. The molecular formula is C64H36N10. The van der Waals surface area contributed by atoms with Crippen molar-refractivity contribution in [3.63, 3.8) is 0 Å². The summed E-state index contributed by atoms with van der Waals surface area (Å²) in [6.45, 7) is 3.62. The fourth-order valence-corrected chi connectivity index (χ4v) is 10.3. The van der Waals surface area contributed by atoms with Crippen LogP contribution in [-0.2, 0) is 0 Å². The molecule has 10 nitrogen and oxygen atoms in total. The van der Waals surface area contributed by atoms with Crippen LogP contribution in [0.15, 0.2) is 182 Å². The van der Waals surface area contributed by atoms with Gasteiger partial charge in [0.05, 0.1) is 91.6 Å². The van der Waals surface area contributed by atoms with Crippen LogP contribution < -0.4 is 0 Å². The average molecular weight is 945 g/mol. The standard InChI is InChI=1S/C64H36N10/c1-38-70-39(2)72-64(71-38)57-32-63(74-60-29-50(46-13-5-9-42(25-46)35-67)17-21-55(60)56-22-18-51(30-61(56)74)47-14-6-10-43(26-47)36-68)62(31-52(57)37-69)73-58-27-48(44-11-3-7-40(23-44)33-65)15-19-53(58)54-20-16-49(28-59(54)73)45-12-4-8-41(24-45)34-66/h3-32H,1-2H3. The van der Waals surface area contributed by atoms with Crippen LogP contribution in [0.5, 0.6) is 0 Å². The van der Waals surface area contributed by atoms with Crippen LogP contribution in [0, 0.1) is 70.5 Å². The number of benzene rings is 9. The van der Waals surface area contributed by atoms with E-state index >= 15 is 0 Å². The van der Waals surface area contributed by atoms with Crippen LogP contribution in [0.3, 0.4) is 0 Å². The smallest absolute Gasteiger partial charge is 0.164 e. The molecule has 0 fully saturated rings. The van der Waals surface area contributed by atoms with Gasteiger partial charge in [0.15, 0.2) is 5.82 Å². The molecule has 342 valence electrons. The second-order valence-electron chi connectivity index (χ2n) is 18.1. The second-order valence-corrected chi connectivity index (χ2v) is 18.1. The average Bonchev–Trinajstić information content (AvgIpc) is 3.96. The minimum Gasteiger partial charge on any atom is -0.307 e. The summed E-state index contributed by atoms with van der Waals surface area (Å²) < 4.78 is 4.45. The van der Waals surface area contributed by atoms with Gasteiger partial charge in [-0.2, -0.15) is 26.3 Å². The topological polar surface area (TPSA) is 167 Å². The van der Waals surface area contributed by atoms with Gasteiger partial charge in [-0.05, 0) is 143 Å². The van der Waals surface area contributed by atoms with Gasteiger partial charge in [0.1, 0.15) is 11.6 Å². The first kappa shape index (κ1) is 44.3. The minimum absolute atomic E-state index is 0.336. The van der Waals surface area contributed by atoms with Gasteiger partial charge in [-0.1, -0.05) is 97.1 Å². The molecule has 0 N–H and O–H groups in total. The van der Waals surface area contributed by atoms with Crippen molar-refractivity contribution in [1.29, 1.82) is 26.3 Å². The van der Waals surface area contributed by atoms with Crippen molar-refractivity contribution in [3.8, 4) is 97.6 Å². The normalized spacial score (nSPS) is 11.0. The van der Waals surface area contributed by atoms with E-state index < -0.39 is 0 Å². The van der Waals surface area contributed by atoms with Crippen LogP contribution in [0.2, 0.25) is 0 Å². The van der Waals surface area contributed by atoms with Gasteiger partial charge in [0.25, 0.3) is 0 Å². The third-order valence-electron chi connectivity index (χ3n) is 13.7. The summed E-state index contributed by atoms with van der Waals surface area (Å²) in [5, 5.41) is 55.0. The summed E-state index contributed by atoms with van der Waals surface area (Å²) in [5.41, 5.74) is 14.8. The van der Waals surface area contributed by atoms with E-state index in [1.807, 2.05) is 98.8 Å². The van der Waals surface area contributed by atoms with Gasteiger partial charge in [-0.25, -0.2) is 15.0 Å². The first-order valence-electron chi connectivity index (χ1n) is 23.7. The lowest BCUT2D eigenvalue weighted by Gasteiger charge is -2.20. The molecule has 12 rings (SSSR count). The first-order valence-corrected chi connectivity index (χ1v) is 23.7. The summed E-state index contributed by atoms with van der Waals surface area (Å²) in [6.07, 6.45) is 0. The predicted molar refractivity (Wildman–Crippen MR) is 289 cm³/mol. The largest absolute Gasteiger partial charge is 0.307 e. The highest BCUT2D eigenvalue weighted by atomic mass is 15.1. The monoisotopic (exact) mass is 944 g/mol. The fourth-order valence-electron chi connectivity index (χ4n) is 10.3. The maximum absolute atomic E-state index is 11.3. The summed E-state index contributed by atoms with van der Waals surface area (Å²) in [4.78, 5) is 14.1. The molecule has 0 unspecified atom stereocenters. The highest BCUT2D eigenvalue weighted by Gasteiger charge is 2.25. The Kier molecular flexibility index (Phi) is 10.6. The second kappa shape index (κ2) is 17.8. The number of nitrogens with zero attached hydrogens (tertiary/aromatic N) is 10. The highest BCUT2D eigenvalue weighted by Crippen LogP contribution is 2.44. The molecule has 9 aromatic carbocycles. The van der Waals surface area contributed by atoms with Crippen molar-refractivity contribution in [2.45, 2.75) is 13.8 Å². The SMILES string of the molecule is Cc1nc(C)nc(-c2cc(-n3c4cc(-c5cccc(C#N)c5)ccc4c4ccc(-c5cccc(C#N)c5)cc43)c(-n3c4cc(-c5cccc(C#N)c5)ccc4c4ccc(-c5cccc(C#N)c5)cc43)cc2C#N)n1. The number of fused-ring (bicyclic) bond motifs is 6. The van der Waals surface area contributed by atoms with E-state index in [9.17, 15) is 26.3 Å². The Bertz CT molecular complexity index is 4340. The van der Waals surface area contributed by atoms with E-state index in [-0.39, 0.29) is 0 Å². The van der Waals surface area contributed by atoms with Crippen molar-refractivity contribution in [3.05, 3.63) is 221 Å². The number of rotatable bonds is 7.